The van der Waals surface area contributed by atoms with Crippen LogP contribution in [0.2, 0.25) is 0 Å². The zero-order chi connectivity index (χ0) is 24.1. The lowest BCUT2D eigenvalue weighted by Crippen LogP contribution is -2.30. The monoisotopic (exact) mass is 459 g/mol. The average molecular weight is 459 g/mol. The van der Waals surface area contributed by atoms with Gasteiger partial charge in [0.05, 0.1) is 13.0 Å². The standard InChI is InChI=1S/C27H25NO6/c1-18(26(30)19-8-4-3-5-9-19)33-27(31)20-16-25(29)28(17-20)21-12-14-22(15-13-21)34-24-11-7-6-10-23(24)32-2/h3-15,18,20H,16-17H2,1-2H3/t18-,20+/m1/s1. The van der Waals surface area contributed by atoms with E-state index in [1.807, 2.05) is 18.2 Å². The number of amides is 1. The van der Waals surface area contributed by atoms with Gasteiger partial charge in [-0.15, -0.1) is 0 Å². The maximum atomic E-state index is 12.6. The Hall–Kier alpha value is -4.13. The molecule has 0 saturated carbocycles. The van der Waals surface area contributed by atoms with Gasteiger partial charge in [0, 0.05) is 24.2 Å². The van der Waals surface area contributed by atoms with Crippen molar-refractivity contribution >= 4 is 23.3 Å². The van der Waals surface area contributed by atoms with Crippen LogP contribution < -0.4 is 14.4 Å². The van der Waals surface area contributed by atoms with Gasteiger partial charge in [-0.1, -0.05) is 42.5 Å². The summed E-state index contributed by atoms with van der Waals surface area (Å²) in [5.74, 6) is 0.138. The maximum Gasteiger partial charge on any atom is 0.312 e. The molecule has 1 aliphatic rings. The van der Waals surface area contributed by atoms with E-state index in [1.165, 1.54) is 0 Å². The number of anilines is 1. The Kier molecular flexibility index (Phi) is 6.92. The van der Waals surface area contributed by atoms with Crippen molar-refractivity contribution in [3.05, 3.63) is 84.4 Å². The predicted octanol–water partition coefficient (Wildman–Crippen LogP) is 4.66. The van der Waals surface area contributed by atoms with Gasteiger partial charge >= 0.3 is 5.97 Å². The lowest BCUT2D eigenvalue weighted by Gasteiger charge is -2.18. The molecule has 174 valence electrons. The zero-order valence-corrected chi connectivity index (χ0v) is 19.0. The van der Waals surface area contributed by atoms with Gasteiger partial charge in [-0.3, -0.25) is 14.4 Å². The third kappa shape index (κ3) is 5.09. The van der Waals surface area contributed by atoms with E-state index in [0.29, 0.717) is 28.5 Å². The molecule has 1 heterocycles. The van der Waals surface area contributed by atoms with Crippen molar-refractivity contribution in [3.63, 3.8) is 0 Å². The molecule has 0 bridgehead atoms. The summed E-state index contributed by atoms with van der Waals surface area (Å²) in [6.45, 7) is 1.73. The summed E-state index contributed by atoms with van der Waals surface area (Å²) in [6.07, 6.45) is -0.893. The molecule has 0 radical (unpaired) electrons. The summed E-state index contributed by atoms with van der Waals surface area (Å²) in [4.78, 5) is 39.3. The van der Waals surface area contributed by atoms with Gasteiger partial charge in [0.1, 0.15) is 5.75 Å². The molecule has 1 fully saturated rings. The van der Waals surface area contributed by atoms with Crippen molar-refractivity contribution in [1.29, 1.82) is 0 Å². The Labute approximate surface area is 197 Å². The van der Waals surface area contributed by atoms with Crippen molar-refractivity contribution in [3.8, 4) is 17.2 Å². The molecule has 0 aromatic heterocycles. The number of rotatable bonds is 8. The second-order valence-corrected chi connectivity index (χ2v) is 7.96. The van der Waals surface area contributed by atoms with Crippen LogP contribution in [0.4, 0.5) is 5.69 Å². The molecule has 0 N–H and O–H groups in total. The van der Waals surface area contributed by atoms with Crippen LogP contribution in [0.15, 0.2) is 78.9 Å². The molecule has 1 amide bonds. The highest BCUT2D eigenvalue weighted by Crippen LogP contribution is 2.33. The van der Waals surface area contributed by atoms with E-state index in [2.05, 4.69) is 0 Å². The van der Waals surface area contributed by atoms with Gasteiger partial charge in [0.2, 0.25) is 11.7 Å². The molecule has 3 aromatic carbocycles. The first-order chi connectivity index (χ1) is 16.5. The fraction of sp³-hybridized carbons (Fsp3) is 0.222. The van der Waals surface area contributed by atoms with Gasteiger partial charge in [-0.2, -0.15) is 0 Å². The third-order valence-corrected chi connectivity index (χ3v) is 5.62. The molecular formula is C27H25NO6. The second kappa shape index (κ2) is 10.2. The van der Waals surface area contributed by atoms with E-state index in [1.54, 1.807) is 79.6 Å². The molecule has 0 aliphatic carbocycles. The van der Waals surface area contributed by atoms with Crippen molar-refractivity contribution in [1.82, 2.24) is 0 Å². The normalized spacial score (nSPS) is 16.1. The van der Waals surface area contributed by atoms with Crippen LogP contribution in [0.25, 0.3) is 0 Å². The summed E-state index contributed by atoms with van der Waals surface area (Å²) in [6, 6.07) is 23.0. The number of hydrogen-bond acceptors (Lipinski definition) is 6. The highest BCUT2D eigenvalue weighted by molar-refractivity contribution is 6.02. The van der Waals surface area contributed by atoms with Crippen molar-refractivity contribution in [2.24, 2.45) is 5.92 Å². The van der Waals surface area contributed by atoms with E-state index in [-0.39, 0.29) is 24.7 Å². The first kappa shape index (κ1) is 23.0. The molecule has 7 nitrogen and oxygen atoms in total. The zero-order valence-electron chi connectivity index (χ0n) is 19.0. The predicted molar refractivity (Wildman–Crippen MR) is 126 cm³/mol. The fourth-order valence-electron chi connectivity index (χ4n) is 3.80. The van der Waals surface area contributed by atoms with Crippen LogP contribution in [-0.4, -0.2) is 37.4 Å². The van der Waals surface area contributed by atoms with E-state index in [0.717, 1.165) is 0 Å². The minimum absolute atomic E-state index is 0.0323. The molecule has 1 saturated heterocycles. The van der Waals surface area contributed by atoms with Crippen molar-refractivity contribution in [2.45, 2.75) is 19.4 Å². The fourth-order valence-corrected chi connectivity index (χ4v) is 3.80. The number of ether oxygens (including phenoxy) is 3. The Morgan fingerprint density at radius 3 is 2.24 bits per heavy atom. The number of ketones is 1. The smallest absolute Gasteiger partial charge is 0.312 e. The van der Waals surface area contributed by atoms with E-state index < -0.39 is 18.0 Å². The van der Waals surface area contributed by atoms with Gasteiger partial charge in [0.25, 0.3) is 0 Å². The molecular weight excluding hydrogens is 434 g/mol. The van der Waals surface area contributed by atoms with Crippen LogP contribution in [0.3, 0.4) is 0 Å². The van der Waals surface area contributed by atoms with Crippen LogP contribution >= 0.6 is 0 Å². The van der Waals surface area contributed by atoms with E-state index in [9.17, 15) is 14.4 Å². The molecule has 4 rings (SSSR count). The van der Waals surface area contributed by atoms with Gasteiger partial charge in [-0.25, -0.2) is 0 Å². The highest BCUT2D eigenvalue weighted by Gasteiger charge is 2.37. The topological polar surface area (TPSA) is 82.1 Å². The van der Waals surface area contributed by atoms with Gasteiger partial charge in [-0.05, 0) is 43.3 Å². The summed E-state index contributed by atoms with van der Waals surface area (Å²) in [7, 11) is 1.57. The molecule has 1 aliphatic heterocycles. The number of benzene rings is 3. The second-order valence-electron chi connectivity index (χ2n) is 7.96. The lowest BCUT2D eigenvalue weighted by atomic mass is 10.1. The summed E-state index contributed by atoms with van der Waals surface area (Å²) >= 11 is 0. The summed E-state index contributed by atoms with van der Waals surface area (Å²) in [5, 5.41) is 0. The molecule has 34 heavy (non-hydrogen) atoms. The minimum atomic E-state index is -0.925. The SMILES string of the molecule is COc1ccccc1Oc1ccc(N2C[C@@H](C(=O)O[C@H](C)C(=O)c3ccccc3)CC2=O)cc1. The summed E-state index contributed by atoms with van der Waals surface area (Å²) in [5.41, 5.74) is 1.13. The molecule has 0 spiro atoms. The number of hydrogen-bond donors (Lipinski definition) is 0. The van der Waals surface area contributed by atoms with E-state index >= 15 is 0 Å². The largest absolute Gasteiger partial charge is 0.493 e. The molecule has 0 unspecified atom stereocenters. The van der Waals surface area contributed by atoms with Crippen LogP contribution in [0, 0.1) is 5.92 Å². The van der Waals surface area contributed by atoms with Crippen LogP contribution in [-0.2, 0) is 14.3 Å². The van der Waals surface area contributed by atoms with Gasteiger partial charge in [0.15, 0.2) is 17.6 Å². The Bertz CT molecular complexity index is 1180. The first-order valence-corrected chi connectivity index (χ1v) is 11.0. The Balaban J connectivity index is 1.37. The number of nitrogens with zero attached hydrogens (tertiary/aromatic N) is 1. The Morgan fingerprint density at radius 2 is 1.56 bits per heavy atom. The average Bonchev–Trinajstić information content (AvgIpc) is 3.26. The number of para-hydroxylation sites is 2. The maximum absolute atomic E-state index is 12.6. The molecule has 7 heteroatoms. The lowest BCUT2D eigenvalue weighted by molar-refractivity contribution is -0.151. The van der Waals surface area contributed by atoms with Crippen LogP contribution in [0.1, 0.15) is 23.7 Å². The number of carbonyl (C=O) groups is 3. The van der Waals surface area contributed by atoms with Crippen LogP contribution in [0.5, 0.6) is 17.2 Å². The van der Waals surface area contributed by atoms with Crippen molar-refractivity contribution in [2.75, 3.05) is 18.6 Å². The first-order valence-electron chi connectivity index (χ1n) is 11.0. The Morgan fingerprint density at radius 1 is 0.912 bits per heavy atom. The quantitative estimate of drug-likeness (QED) is 0.360. The molecule has 2 atom stereocenters. The van der Waals surface area contributed by atoms with E-state index in [4.69, 9.17) is 14.2 Å². The molecule has 3 aromatic rings. The number of esters is 1. The van der Waals surface area contributed by atoms with Gasteiger partial charge < -0.3 is 19.1 Å². The van der Waals surface area contributed by atoms with Crippen molar-refractivity contribution < 1.29 is 28.6 Å². The third-order valence-electron chi connectivity index (χ3n) is 5.62. The number of methoxy groups -OCH3 is 1. The number of carbonyl (C=O) groups excluding carboxylic acids is 3. The minimum Gasteiger partial charge on any atom is -0.493 e. The number of Topliss-reactive ketones (excluding diaryl/α,β-unsaturated/α-hetero) is 1. The highest BCUT2D eigenvalue weighted by atomic mass is 16.5. The summed E-state index contributed by atoms with van der Waals surface area (Å²) < 4.78 is 16.6.